The van der Waals surface area contributed by atoms with Gasteiger partial charge in [0.05, 0.1) is 41.7 Å². The number of methoxy groups -OCH3 is 4. The summed E-state index contributed by atoms with van der Waals surface area (Å²) in [5.41, 5.74) is 13.5. The van der Waals surface area contributed by atoms with Crippen LogP contribution in [0.1, 0.15) is 150 Å². The molecule has 0 saturated heterocycles. The highest BCUT2D eigenvalue weighted by molar-refractivity contribution is 5.58. The summed E-state index contributed by atoms with van der Waals surface area (Å²) in [7, 11) is 7.14. The number of hydrogen-bond donors (Lipinski definition) is 0. The van der Waals surface area contributed by atoms with Crippen molar-refractivity contribution in [2.45, 2.75) is 137 Å². The topological polar surface area (TPSA) is 46.2 Å². The van der Waals surface area contributed by atoms with Crippen molar-refractivity contribution in [3.63, 3.8) is 0 Å². The van der Waals surface area contributed by atoms with Crippen LogP contribution in [0.4, 0.5) is 0 Å². The third-order valence-electron chi connectivity index (χ3n) is 10.9. The summed E-state index contributed by atoms with van der Waals surface area (Å²) in [6.07, 6.45) is 1.95. The number of ether oxygens (including phenoxy) is 5. The molecule has 0 aromatic heterocycles. The molecule has 0 fully saturated rings. The van der Waals surface area contributed by atoms with Crippen molar-refractivity contribution >= 4 is 0 Å². The van der Waals surface area contributed by atoms with Gasteiger partial charge in [0.15, 0.2) is 0 Å². The maximum absolute atomic E-state index is 6.67. The smallest absolute Gasteiger partial charge is 0.127 e. The summed E-state index contributed by atoms with van der Waals surface area (Å²) in [4.78, 5) is 0. The van der Waals surface area contributed by atoms with Gasteiger partial charge in [0.25, 0.3) is 0 Å². The van der Waals surface area contributed by atoms with Gasteiger partial charge >= 0.3 is 0 Å². The molecule has 5 heteroatoms. The molecule has 0 radical (unpaired) electrons. The van der Waals surface area contributed by atoms with E-state index in [0.717, 1.165) is 67.5 Å². The fraction of sp³-hybridized carbons (Fsp3) is 0.510. The number of rotatable bonds is 4. The fourth-order valence-corrected chi connectivity index (χ4v) is 7.69. The number of hydrogen-bond acceptors (Lipinski definition) is 5. The van der Waals surface area contributed by atoms with Gasteiger partial charge in [-0.25, -0.2) is 0 Å². The van der Waals surface area contributed by atoms with Gasteiger partial charge in [-0.1, -0.05) is 119 Å². The van der Waals surface area contributed by atoms with E-state index in [1.807, 2.05) is 0 Å². The molecule has 0 N–H and O–H groups in total. The third-order valence-corrected chi connectivity index (χ3v) is 10.9. The van der Waals surface area contributed by atoms with Gasteiger partial charge < -0.3 is 23.7 Å². The molecule has 4 aromatic rings. The Labute approximate surface area is 326 Å². The van der Waals surface area contributed by atoms with Crippen molar-refractivity contribution in [3.05, 3.63) is 115 Å². The Morgan fingerprint density at radius 1 is 0.333 bits per heavy atom. The normalized spacial score (nSPS) is 14.2. The predicted molar refractivity (Wildman–Crippen MR) is 224 cm³/mol. The Morgan fingerprint density at radius 3 is 0.704 bits per heavy atom. The van der Waals surface area contributed by atoms with Crippen LogP contribution in [0.25, 0.3) is 0 Å². The van der Waals surface area contributed by atoms with Crippen molar-refractivity contribution < 1.29 is 23.7 Å². The molecule has 1 heterocycles. The van der Waals surface area contributed by atoms with Crippen LogP contribution in [0.5, 0.6) is 23.0 Å². The Bertz CT molecular complexity index is 1850. The maximum atomic E-state index is 6.67. The van der Waals surface area contributed by atoms with Crippen LogP contribution in [-0.2, 0) is 58.9 Å². The molecule has 8 bridgehead atoms. The van der Waals surface area contributed by atoms with Crippen LogP contribution in [0.15, 0.2) is 48.5 Å². The first-order valence-electron chi connectivity index (χ1n) is 19.5. The lowest BCUT2D eigenvalue weighted by atomic mass is 9.80. The first-order valence-corrected chi connectivity index (χ1v) is 19.5. The van der Waals surface area contributed by atoms with E-state index >= 15 is 0 Å². The van der Waals surface area contributed by atoms with Crippen molar-refractivity contribution in [2.24, 2.45) is 0 Å². The number of fused-ring (bicyclic) bond motifs is 8. The number of benzene rings is 4. The molecule has 54 heavy (non-hydrogen) atoms. The largest absolute Gasteiger partial charge is 0.496 e. The van der Waals surface area contributed by atoms with Crippen molar-refractivity contribution in [3.8, 4) is 23.0 Å². The van der Waals surface area contributed by atoms with Crippen LogP contribution in [0.3, 0.4) is 0 Å². The SMILES string of the molecule is COc1c2cc(C(C)(C)C)cc1Cc1cc(C(C)(C)C)cc(c1OC)Cc1cc(C(C)(C)C)cc(c1OC)Cc1cc(C(C)(C)C)cc(c1OC)COC2. The van der Waals surface area contributed by atoms with Gasteiger partial charge in [-0.15, -0.1) is 0 Å². The summed E-state index contributed by atoms with van der Waals surface area (Å²) in [5.74, 6) is 3.52. The van der Waals surface area contributed by atoms with E-state index in [1.165, 1.54) is 22.3 Å². The van der Waals surface area contributed by atoms with Crippen LogP contribution in [0, 0.1) is 0 Å². The first kappa shape index (κ1) is 41.2. The summed E-state index contributed by atoms with van der Waals surface area (Å²) >= 11 is 0. The molecule has 0 unspecified atom stereocenters. The lowest BCUT2D eigenvalue weighted by molar-refractivity contribution is 0.103. The van der Waals surface area contributed by atoms with Gasteiger partial charge in [-0.05, 0) is 89.4 Å². The van der Waals surface area contributed by atoms with Crippen molar-refractivity contribution in [1.29, 1.82) is 0 Å². The molecule has 4 aromatic carbocycles. The Morgan fingerprint density at radius 2 is 0.519 bits per heavy atom. The van der Waals surface area contributed by atoms with E-state index in [4.69, 9.17) is 23.7 Å². The zero-order chi connectivity index (χ0) is 40.0. The highest BCUT2D eigenvalue weighted by atomic mass is 16.5. The average Bonchev–Trinajstić information content (AvgIpc) is 3.06. The minimum atomic E-state index is -0.0854. The van der Waals surface area contributed by atoms with Crippen molar-refractivity contribution in [1.82, 2.24) is 0 Å². The second kappa shape index (κ2) is 15.3. The predicted octanol–water partition coefficient (Wildman–Crippen LogP) is 11.7. The molecule has 1 aliphatic heterocycles. The van der Waals surface area contributed by atoms with Crippen LogP contribution >= 0.6 is 0 Å². The summed E-state index contributed by atoms with van der Waals surface area (Å²) in [6.45, 7) is 28.1. The van der Waals surface area contributed by atoms with Crippen LogP contribution in [0.2, 0.25) is 0 Å². The molecular formula is C49H66O5. The average molecular weight is 735 g/mol. The molecule has 5 nitrogen and oxygen atoms in total. The van der Waals surface area contributed by atoms with E-state index < -0.39 is 0 Å². The van der Waals surface area contributed by atoms with Crippen LogP contribution < -0.4 is 18.9 Å². The highest BCUT2D eigenvalue weighted by Crippen LogP contribution is 2.43. The van der Waals surface area contributed by atoms with E-state index in [2.05, 4.69) is 132 Å². The lowest BCUT2D eigenvalue weighted by Crippen LogP contribution is -2.16. The molecule has 292 valence electrons. The Hall–Kier alpha value is -3.96. The van der Waals surface area contributed by atoms with Gasteiger partial charge in [0.2, 0.25) is 0 Å². The molecule has 0 amide bonds. The van der Waals surface area contributed by atoms with Crippen LogP contribution in [-0.4, -0.2) is 28.4 Å². The second-order valence-corrected chi connectivity index (χ2v) is 19.3. The molecule has 5 rings (SSSR count). The van der Waals surface area contributed by atoms with Gasteiger partial charge in [-0.2, -0.15) is 0 Å². The third kappa shape index (κ3) is 8.78. The zero-order valence-electron chi connectivity index (χ0n) is 36.2. The lowest BCUT2D eigenvalue weighted by Gasteiger charge is -2.28. The van der Waals surface area contributed by atoms with Gasteiger partial charge in [0, 0.05) is 30.4 Å². The van der Waals surface area contributed by atoms with E-state index in [9.17, 15) is 0 Å². The minimum absolute atomic E-state index is 0.0826. The molecule has 0 saturated carbocycles. The van der Waals surface area contributed by atoms with E-state index in [-0.39, 0.29) is 21.7 Å². The van der Waals surface area contributed by atoms with Crippen molar-refractivity contribution in [2.75, 3.05) is 28.4 Å². The Balaban J connectivity index is 1.90. The molecule has 0 atom stereocenters. The molecule has 1 aliphatic rings. The zero-order valence-corrected chi connectivity index (χ0v) is 36.2. The summed E-state index contributed by atoms with van der Waals surface area (Å²) in [5, 5.41) is 0. The monoisotopic (exact) mass is 734 g/mol. The van der Waals surface area contributed by atoms with E-state index in [1.54, 1.807) is 28.4 Å². The fourth-order valence-electron chi connectivity index (χ4n) is 7.69. The van der Waals surface area contributed by atoms with Gasteiger partial charge in [-0.3, -0.25) is 0 Å². The molecular weight excluding hydrogens is 669 g/mol. The quantitative estimate of drug-likeness (QED) is 0.209. The van der Waals surface area contributed by atoms with E-state index in [0.29, 0.717) is 32.5 Å². The second-order valence-electron chi connectivity index (χ2n) is 19.3. The standard InChI is InChI=1S/C49H66O5/c1-46(2,3)38-20-30-17-31-21-39(47(4,5)6)23-33(43(31)51-14)19-35-25-41(49(10,11)12)27-37(45(35)53-16)29-54-28-36-26-40(48(7,8)9)24-34(44(36)52-15)18-32(22-38)42(30)50-13/h20-27H,17-19,28-29H2,1-16H3. The highest BCUT2D eigenvalue weighted by Gasteiger charge is 2.28. The maximum Gasteiger partial charge on any atom is 0.127 e. The summed E-state index contributed by atoms with van der Waals surface area (Å²) in [6, 6.07) is 18.5. The summed E-state index contributed by atoms with van der Waals surface area (Å²) < 4.78 is 32.0. The molecule has 0 aliphatic carbocycles. The first-order chi connectivity index (χ1) is 25.1. The minimum Gasteiger partial charge on any atom is -0.496 e. The van der Waals surface area contributed by atoms with Gasteiger partial charge in [0.1, 0.15) is 23.0 Å². The Kier molecular flexibility index (Phi) is 11.7. The molecule has 0 spiro atoms.